The molecule has 0 aromatic heterocycles. The molecule has 0 aromatic carbocycles. The molecule has 0 saturated heterocycles. The molecule has 0 aromatic rings. The van der Waals surface area contributed by atoms with Crippen LogP contribution in [0.3, 0.4) is 0 Å². The van der Waals surface area contributed by atoms with Crippen LogP contribution in [0.15, 0.2) is 36.0 Å². The Bertz CT molecular complexity index is 296. The average Bonchev–Trinajstić information content (AvgIpc) is 2.19. The maximum Gasteiger partial charge on any atom is 0.148 e. The molecule has 2 N–H and O–H groups in total. The fraction of sp³-hybridized carbons (Fsp3) is 0.455. The van der Waals surface area contributed by atoms with E-state index >= 15 is 0 Å². The predicted molar refractivity (Wildman–Crippen MR) is 59.2 cm³/mol. The molecule has 2 aliphatic carbocycles. The van der Waals surface area contributed by atoms with E-state index in [4.69, 9.17) is 5.73 Å². The SMILES string of the molecule is Cl.NCC1(F)C=CC=C2C=CCCC21. The van der Waals surface area contributed by atoms with Crippen LogP contribution in [0.25, 0.3) is 0 Å². The number of halogens is 2. The number of hydrogen-bond acceptors (Lipinski definition) is 1. The molecule has 0 spiro atoms. The lowest BCUT2D eigenvalue weighted by Gasteiger charge is -2.35. The standard InChI is InChI=1S/C11H14FN.ClH/c12-11(8-13)7-3-5-9-4-1-2-6-10(9)11;/h1,3-5,7,10H,2,6,8,13H2;1H. The van der Waals surface area contributed by atoms with Crippen LogP contribution < -0.4 is 5.73 Å². The lowest BCUT2D eigenvalue weighted by molar-refractivity contribution is 0.159. The summed E-state index contributed by atoms with van der Waals surface area (Å²) in [5.41, 5.74) is 5.24. The molecule has 2 unspecified atom stereocenters. The van der Waals surface area contributed by atoms with E-state index in [2.05, 4.69) is 6.08 Å². The summed E-state index contributed by atoms with van der Waals surface area (Å²) in [4.78, 5) is 0. The Morgan fingerprint density at radius 2 is 2.36 bits per heavy atom. The van der Waals surface area contributed by atoms with Crippen LogP contribution in [0.5, 0.6) is 0 Å². The van der Waals surface area contributed by atoms with Gasteiger partial charge in [0.1, 0.15) is 5.67 Å². The monoisotopic (exact) mass is 215 g/mol. The third-order valence-electron chi connectivity index (χ3n) is 2.89. The van der Waals surface area contributed by atoms with E-state index in [0.717, 1.165) is 18.4 Å². The summed E-state index contributed by atoms with van der Waals surface area (Å²) < 4.78 is 14.2. The first-order valence-electron chi connectivity index (χ1n) is 4.71. The van der Waals surface area contributed by atoms with Crippen molar-refractivity contribution in [1.29, 1.82) is 0 Å². The topological polar surface area (TPSA) is 26.0 Å². The van der Waals surface area contributed by atoms with Crippen molar-refractivity contribution in [3.05, 3.63) is 36.0 Å². The molecule has 2 atom stereocenters. The lowest BCUT2D eigenvalue weighted by atomic mass is 9.75. The molecule has 2 aliphatic rings. The Morgan fingerprint density at radius 3 is 3.07 bits per heavy atom. The molecule has 78 valence electrons. The average molecular weight is 216 g/mol. The second kappa shape index (κ2) is 4.28. The molecule has 1 nitrogen and oxygen atoms in total. The first-order chi connectivity index (χ1) is 6.26. The van der Waals surface area contributed by atoms with Crippen molar-refractivity contribution >= 4 is 12.4 Å². The summed E-state index contributed by atoms with van der Waals surface area (Å²) in [6, 6.07) is 0. The maximum absolute atomic E-state index is 14.2. The second-order valence-corrected chi connectivity index (χ2v) is 3.69. The number of fused-ring (bicyclic) bond motifs is 1. The van der Waals surface area contributed by atoms with E-state index in [1.807, 2.05) is 12.2 Å². The molecule has 0 aliphatic heterocycles. The van der Waals surface area contributed by atoms with Crippen molar-refractivity contribution in [1.82, 2.24) is 0 Å². The van der Waals surface area contributed by atoms with Gasteiger partial charge in [-0.05, 0) is 24.5 Å². The van der Waals surface area contributed by atoms with Crippen molar-refractivity contribution < 1.29 is 4.39 Å². The third kappa shape index (κ3) is 1.77. The second-order valence-electron chi connectivity index (χ2n) is 3.69. The van der Waals surface area contributed by atoms with Crippen LogP contribution in [0, 0.1) is 5.92 Å². The van der Waals surface area contributed by atoms with Gasteiger partial charge in [0.2, 0.25) is 0 Å². The van der Waals surface area contributed by atoms with Crippen molar-refractivity contribution in [3.63, 3.8) is 0 Å². The van der Waals surface area contributed by atoms with Crippen LogP contribution >= 0.6 is 12.4 Å². The zero-order valence-electron chi connectivity index (χ0n) is 7.95. The van der Waals surface area contributed by atoms with E-state index in [9.17, 15) is 4.39 Å². The summed E-state index contributed by atoms with van der Waals surface area (Å²) in [6.45, 7) is 0.0827. The highest BCUT2D eigenvalue weighted by Gasteiger charge is 2.38. The molecule has 0 radical (unpaired) electrons. The number of alkyl halides is 1. The smallest absolute Gasteiger partial charge is 0.148 e. The van der Waals surface area contributed by atoms with Gasteiger partial charge in [-0.25, -0.2) is 4.39 Å². The zero-order chi connectivity index (χ0) is 9.31. The van der Waals surface area contributed by atoms with Crippen molar-refractivity contribution in [2.45, 2.75) is 18.5 Å². The molecule has 0 fully saturated rings. The molecule has 0 saturated carbocycles. The normalized spacial score (nSPS) is 34.4. The predicted octanol–water partition coefficient (Wildman–Crippen LogP) is 2.54. The van der Waals surface area contributed by atoms with E-state index in [0.29, 0.717) is 0 Å². The Morgan fingerprint density at radius 1 is 1.57 bits per heavy atom. The van der Waals surface area contributed by atoms with Crippen LogP contribution in [0.2, 0.25) is 0 Å². The van der Waals surface area contributed by atoms with Crippen molar-refractivity contribution in [2.24, 2.45) is 11.7 Å². The Balaban J connectivity index is 0.000000980. The van der Waals surface area contributed by atoms with Gasteiger partial charge in [-0.1, -0.05) is 24.3 Å². The van der Waals surface area contributed by atoms with Crippen molar-refractivity contribution in [2.75, 3.05) is 6.54 Å². The fourth-order valence-electron chi connectivity index (χ4n) is 2.10. The van der Waals surface area contributed by atoms with Crippen LogP contribution in [-0.2, 0) is 0 Å². The van der Waals surface area contributed by atoms with E-state index in [-0.39, 0.29) is 24.9 Å². The molecule has 2 rings (SSSR count). The zero-order valence-corrected chi connectivity index (χ0v) is 8.77. The molecular weight excluding hydrogens is 201 g/mol. The van der Waals surface area contributed by atoms with E-state index < -0.39 is 5.67 Å². The van der Waals surface area contributed by atoms with Gasteiger partial charge in [0.25, 0.3) is 0 Å². The molecule has 0 bridgehead atoms. The molecule has 0 heterocycles. The number of nitrogens with two attached hydrogens (primary N) is 1. The molecule has 0 amide bonds. The number of hydrogen-bond donors (Lipinski definition) is 1. The van der Waals surface area contributed by atoms with Crippen LogP contribution in [-0.4, -0.2) is 12.2 Å². The maximum atomic E-state index is 14.2. The summed E-state index contributed by atoms with van der Waals surface area (Å²) in [6.07, 6.45) is 11.3. The Labute approximate surface area is 90.0 Å². The summed E-state index contributed by atoms with van der Waals surface area (Å²) in [5.74, 6) is -0.0208. The van der Waals surface area contributed by atoms with Crippen LogP contribution in [0.4, 0.5) is 4.39 Å². The first kappa shape index (κ1) is 11.5. The lowest BCUT2D eigenvalue weighted by Crippen LogP contribution is -2.41. The Kier molecular flexibility index (Phi) is 3.51. The minimum absolute atomic E-state index is 0. The van der Waals surface area contributed by atoms with Gasteiger partial charge >= 0.3 is 0 Å². The largest absolute Gasteiger partial charge is 0.327 e. The van der Waals surface area contributed by atoms with Gasteiger partial charge in [0.05, 0.1) is 0 Å². The fourth-order valence-corrected chi connectivity index (χ4v) is 2.10. The third-order valence-corrected chi connectivity index (χ3v) is 2.89. The Hall–Kier alpha value is -0.600. The quantitative estimate of drug-likeness (QED) is 0.715. The number of allylic oxidation sites excluding steroid dienone is 5. The highest BCUT2D eigenvalue weighted by atomic mass is 35.5. The van der Waals surface area contributed by atoms with Crippen LogP contribution in [0.1, 0.15) is 12.8 Å². The highest BCUT2D eigenvalue weighted by molar-refractivity contribution is 5.85. The van der Waals surface area contributed by atoms with Gasteiger partial charge in [-0.2, -0.15) is 0 Å². The van der Waals surface area contributed by atoms with Gasteiger partial charge in [-0.3, -0.25) is 0 Å². The van der Waals surface area contributed by atoms with Gasteiger partial charge in [0, 0.05) is 12.5 Å². The summed E-state index contributed by atoms with van der Waals surface area (Å²) in [5, 5.41) is 0. The first-order valence-corrected chi connectivity index (χ1v) is 4.71. The van der Waals surface area contributed by atoms with E-state index in [1.54, 1.807) is 12.2 Å². The van der Waals surface area contributed by atoms with Gasteiger partial charge in [0.15, 0.2) is 0 Å². The van der Waals surface area contributed by atoms with Gasteiger partial charge < -0.3 is 5.73 Å². The minimum Gasteiger partial charge on any atom is -0.327 e. The minimum atomic E-state index is -1.31. The van der Waals surface area contributed by atoms with Gasteiger partial charge in [-0.15, -0.1) is 12.4 Å². The van der Waals surface area contributed by atoms with Crippen molar-refractivity contribution in [3.8, 4) is 0 Å². The molecule has 3 heteroatoms. The van der Waals surface area contributed by atoms with E-state index in [1.165, 1.54) is 0 Å². The summed E-state index contributed by atoms with van der Waals surface area (Å²) in [7, 11) is 0. The number of rotatable bonds is 1. The molecule has 14 heavy (non-hydrogen) atoms. The highest BCUT2D eigenvalue weighted by Crippen LogP contribution is 2.39. The molecular formula is C11H15ClFN. The summed E-state index contributed by atoms with van der Waals surface area (Å²) >= 11 is 0.